The predicted octanol–water partition coefficient (Wildman–Crippen LogP) is 2.43. The molecule has 7 nitrogen and oxygen atoms in total. The van der Waals surface area contributed by atoms with Crippen molar-refractivity contribution in [2.45, 2.75) is 44.3 Å². The van der Waals surface area contributed by atoms with E-state index in [1.807, 2.05) is 23.1 Å². The van der Waals surface area contributed by atoms with E-state index in [0.717, 1.165) is 44.3 Å². The number of para-hydroxylation sites is 1. The molecule has 0 saturated carbocycles. The summed E-state index contributed by atoms with van der Waals surface area (Å²) in [4.78, 5) is 29.9. The maximum absolute atomic E-state index is 13.1. The van der Waals surface area contributed by atoms with Gasteiger partial charge in [-0.1, -0.05) is 12.1 Å². The highest BCUT2D eigenvalue weighted by atomic mass is 16.6. The van der Waals surface area contributed by atoms with Crippen LogP contribution in [0.15, 0.2) is 34.9 Å². The van der Waals surface area contributed by atoms with Gasteiger partial charge in [0.25, 0.3) is 5.91 Å². The Labute approximate surface area is 175 Å². The average Bonchev–Trinajstić information content (AvgIpc) is 3.34. The molecule has 3 saturated heterocycles. The van der Waals surface area contributed by atoms with Crippen LogP contribution in [0.5, 0.6) is 0 Å². The van der Waals surface area contributed by atoms with Crippen LogP contribution < -0.4 is 0 Å². The third-order valence-corrected chi connectivity index (χ3v) is 7.06. The summed E-state index contributed by atoms with van der Waals surface area (Å²) in [6.07, 6.45) is 4.88. The molecule has 3 aliphatic heterocycles. The van der Waals surface area contributed by atoms with Gasteiger partial charge in [0.2, 0.25) is 0 Å². The van der Waals surface area contributed by atoms with Crippen LogP contribution in [0.1, 0.15) is 42.5 Å². The highest BCUT2D eigenvalue weighted by Gasteiger charge is 2.51. The summed E-state index contributed by atoms with van der Waals surface area (Å²) in [7, 11) is 0. The molecule has 5 rings (SSSR count). The summed E-state index contributed by atoms with van der Waals surface area (Å²) in [5.74, 6) is -0.148. The van der Waals surface area contributed by atoms with Crippen LogP contribution in [-0.4, -0.2) is 71.7 Å². The molecule has 0 aliphatic carbocycles. The normalized spacial score (nSPS) is 25.2. The van der Waals surface area contributed by atoms with E-state index in [1.165, 1.54) is 0 Å². The summed E-state index contributed by atoms with van der Waals surface area (Å²) in [5, 5.41) is 10.6. The van der Waals surface area contributed by atoms with E-state index in [4.69, 9.17) is 9.15 Å². The van der Waals surface area contributed by atoms with Crippen molar-refractivity contribution in [1.29, 1.82) is 0 Å². The second kappa shape index (κ2) is 7.71. The lowest BCUT2D eigenvalue weighted by Crippen LogP contribution is -2.45. The number of esters is 1. The van der Waals surface area contributed by atoms with E-state index in [2.05, 4.69) is 4.90 Å². The molecule has 1 amide bonds. The standard InChI is InChI=1S/C23H28N2O5/c26-17-4-9-24(10-5-17)15-18-14-23(22(28)30-18)7-11-25(12-8-23)21(27)19-3-1-2-16-6-13-29-20(16)19/h1-3,6,13,17-18,26H,4-5,7-12,14-15H2. The van der Waals surface area contributed by atoms with E-state index in [9.17, 15) is 14.7 Å². The number of cyclic esters (lactones) is 1. The van der Waals surface area contributed by atoms with E-state index in [-0.39, 0.29) is 24.1 Å². The number of furan rings is 1. The van der Waals surface area contributed by atoms with Gasteiger partial charge in [0, 0.05) is 44.5 Å². The Hall–Kier alpha value is -2.38. The largest absolute Gasteiger partial charge is 0.464 e. The van der Waals surface area contributed by atoms with Crippen LogP contribution in [0, 0.1) is 5.41 Å². The smallest absolute Gasteiger partial charge is 0.312 e. The fraction of sp³-hybridized carbons (Fsp3) is 0.565. The minimum absolute atomic E-state index is 0.0415. The van der Waals surface area contributed by atoms with Gasteiger partial charge in [-0.15, -0.1) is 0 Å². The van der Waals surface area contributed by atoms with E-state index >= 15 is 0 Å². The number of amides is 1. The molecule has 0 bridgehead atoms. The number of aliphatic hydroxyl groups excluding tert-OH is 1. The van der Waals surface area contributed by atoms with Crippen LogP contribution in [0.25, 0.3) is 11.0 Å². The molecule has 1 atom stereocenters. The van der Waals surface area contributed by atoms with Crippen LogP contribution in [0.2, 0.25) is 0 Å². The van der Waals surface area contributed by atoms with Gasteiger partial charge in [-0.05, 0) is 37.8 Å². The van der Waals surface area contributed by atoms with Crippen molar-refractivity contribution in [1.82, 2.24) is 9.80 Å². The third kappa shape index (κ3) is 3.50. The lowest BCUT2D eigenvalue weighted by atomic mass is 9.76. The Morgan fingerprint density at radius 1 is 1.13 bits per heavy atom. The molecule has 3 aliphatic rings. The van der Waals surface area contributed by atoms with Gasteiger partial charge in [0.05, 0.1) is 23.3 Å². The molecule has 4 heterocycles. The van der Waals surface area contributed by atoms with Crippen molar-refractivity contribution in [2.75, 3.05) is 32.7 Å². The Bertz CT molecular complexity index is 938. The van der Waals surface area contributed by atoms with Crippen molar-refractivity contribution in [3.05, 3.63) is 36.1 Å². The van der Waals surface area contributed by atoms with Crippen LogP contribution >= 0.6 is 0 Å². The Kier molecular flexibility index (Phi) is 5.03. The molecule has 1 N–H and O–H groups in total. The molecule has 2 aromatic rings. The minimum Gasteiger partial charge on any atom is -0.464 e. The fourth-order valence-electron chi connectivity index (χ4n) is 5.21. The average molecular weight is 412 g/mol. The molecular formula is C23H28N2O5. The van der Waals surface area contributed by atoms with E-state index < -0.39 is 5.41 Å². The number of aliphatic hydroxyl groups is 1. The quantitative estimate of drug-likeness (QED) is 0.780. The van der Waals surface area contributed by atoms with Gasteiger partial charge in [0.15, 0.2) is 0 Å². The highest BCUT2D eigenvalue weighted by molar-refractivity contribution is 6.04. The summed E-state index contributed by atoms with van der Waals surface area (Å²) in [6.45, 7) is 3.54. The zero-order valence-corrected chi connectivity index (χ0v) is 17.1. The molecule has 3 fully saturated rings. The van der Waals surface area contributed by atoms with Gasteiger partial charge in [-0.25, -0.2) is 0 Å². The highest BCUT2D eigenvalue weighted by Crippen LogP contribution is 2.43. The number of likely N-dealkylation sites (tertiary alicyclic amines) is 2. The SMILES string of the molecule is O=C(c1cccc2ccoc12)N1CCC2(CC1)CC(CN1CCC(O)CC1)OC2=O. The molecular weight excluding hydrogens is 384 g/mol. The number of benzene rings is 1. The van der Waals surface area contributed by atoms with Gasteiger partial charge < -0.3 is 19.2 Å². The van der Waals surface area contributed by atoms with Crippen molar-refractivity contribution in [3.63, 3.8) is 0 Å². The van der Waals surface area contributed by atoms with Crippen LogP contribution in [0.3, 0.4) is 0 Å². The molecule has 1 aromatic carbocycles. The summed E-state index contributed by atoms with van der Waals surface area (Å²) in [6, 6.07) is 7.45. The Morgan fingerprint density at radius 2 is 1.90 bits per heavy atom. The first-order valence-electron chi connectivity index (χ1n) is 10.9. The number of rotatable bonds is 3. The molecule has 30 heavy (non-hydrogen) atoms. The first-order valence-corrected chi connectivity index (χ1v) is 10.9. The second-order valence-electron chi connectivity index (χ2n) is 8.98. The van der Waals surface area contributed by atoms with E-state index in [0.29, 0.717) is 37.1 Å². The molecule has 0 radical (unpaired) electrons. The second-order valence-corrected chi connectivity index (χ2v) is 8.98. The van der Waals surface area contributed by atoms with Gasteiger partial charge in [-0.2, -0.15) is 0 Å². The molecule has 7 heteroatoms. The summed E-state index contributed by atoms with van der Waals surface area (Å²) in [5.41, 5.74) is 0.732. The topological polar surface area (TPSA) is 83.2 Å². The number of hydrogen-bond donors (Lipinski definition) is 1. The van der Waals surface area contributed by atoms with Crippen LogP contribution in [0.4, 0.5) is 0 Å². The number of hydrogen-bond acceptors (Lipinski definition) is 6. The number of fused-ring (bicyclic) bond motifs is 1. The lowest BCUT2D eigenvalue weighted by Gasteiger charge is -2.36. The molecule has 1 unspecified atom stereocenters. The predicted molar refractivity (Wildman–Crippen MR) is 110 cm³/mol. The number of ether oxygens (including phenoxy) is 1. The lowest BCUT2D eigenvalue weighted by molar-refractivity contribution is -0.151. The van der Waals surface area contributed by atoms with Crippen molar-refractivity contribution in [2.24, 2.45) is 5.41 Å². The van der Waals surface area contributed by atoms with E-state index in [1.54, 1.807) is 12.3 Å². The Balaban J connectivity index is 1.21. The van der Waals surface area contributed by atoms with Gasteiger partial charge in [0.1, 0.15) is 11.7 Å². The summed E-state index contributed by atoms with van der Waals surface area (Å²) >= 11 is 0. The van der Waals surface area contributed by atoms with Crippen molar-refractivity contribution < 1.29 is 23.8 Å². The molecule has 1 spiro atoms. The number of nitrogens with zero attached hydrogens (tertiary/aromatic N) is 2. The van der Waals surface area contributed by atoms with Crippen molar-refractivity contribution in [3.8, 4) is 0 Å². The molecule has 160 valence electrons. The Morgan fingerprint density at radius 3 is 2.67 bits per heavy atom. The van der Waals surface area contributed by atoms with Gasteiger partial charge in [-0.3, -0.25) is 14.5 Å². The number of carbonyl (C=O) groups is 2. The summed E-state index contributed by atoms with van der Waals surface area (Å²) < 4.78 is 11.3. The van der Waals surface area contributed by atoms with Crippen LogP contribution in [-0.2, 0) is 9.53 Å². The minimum atomic E-state index is -0.465. The molecule has 1 aromatic heterocycles. The maximum atomic E-state index is 13.1. The van der Waals surface area contributed by atoms with Crippen molar-refractivity contribution >= 4 is 22.8 Å². The zero-order chi connectivity index (χ0) is 20.7. The first kappa shape index (κ1) is 19.6. The van der Waals surface area contributed by atoms with Gasteiger partial charge >= 0.3 is 5.97 Å². The zero-order valence-electron chi connectivity index (χ0n) is 17.1. The monoisotopic (exact) mass is 412 g/mol. The fourth-order valence-corrected chi connectivity index (χ4v) is 5.21. The first-order chi connectivity index (χ1) is 14.5. The maximum Gasteiger partial charge on any atom is 0.312 e. The number of piperidine rings is 2. The number of carbonyl (C=O) groups excluding carboxylic acids is 2. The third-order valence-electron chi connectivity index (χ3n) is 7.06.